The van der Waals surface area contributed by atoms with Gasteiger partial charge in [-0.05, 0) is 22.1 Å². The minimum atomic E-state index is -2.75. The average molecular weight is 627 g/mol. The van der Waals surface area contributed by atoms with E-state index >= 15 is 0 Å². The molecule has 3 atom stereocenters. The molecule has 18 nitrogen and oxygen atoms in total. The number of tetrazole rings is 1. The number of thiazole rings is 1. The van der Waals surface area contributed by atoms with Gasteiger partial charge in [0.15, 0.2) is 16.9 Å². The third-order valence-corrected chi connectivity index (χ3v) is 10.8. The van der Waals surface area contributed by atoms with Gasteiger partial charge in [0.2, 0.25) is 5.65 Å². The molecular weight excluding hydrogens is 611 g/mol. The van der Waals surface area contributed by atoms with Crippen LogP contribution in [-0.2, 0) is 29.3 Å². The van der Waals surface area contributed by atoms with Crippen LogP contribution in [0.3, 0.4) is 0 Å². The van der Waals surface area contributed by atoms with Crippen molar-refractivity contribution in [2.24, 2.45) is 5.16 Å². The molecule has 40 heavy (non-hydrogen) atoms. The van der Waals surface area contributed by atoms with Crippen molar-refractivity contribution in [3.63, 3.8) is 0 Å². The minimum absolute atomic E-state index is 0.0353. The second-order valence-electron chi connectivity index (χ2n) is 7.78. The molecule has 0 saturated carbocycles. The number of hydrogen-bond donors (Lipinski definition) is 4. The number of nitrogens with two attached hydrogens (primary N) is 2. The summed E-state index contributed by atoms with van der Waals surface area (Å²) in [7, 11) is -3.21. The lowest BCUT2D eigenvalue weighted by Gasteiger charge is -2.46. The first-order valence-electron chi connectivity index (χ1n) is 10.7. The number of hydrogen-bond acceptors (Lipinski definition) is 16. The van der Waals surface area contributed by atoms with Crippen LogP contribution in [0, 0.1) is 0 Å². The molecule has 0 bridgehead atoms. The van der Waals surface area contributed by atoms with E-state index in [0.29, 0.717) is 5.03 Å². The van der Waals surface area contributed by atoms with Gasteiger partial charge in [-0.15, -0.1) is 26.2 Å². The number of nitrogens with zero attached hydrogens (tertiary/aromatic N) is 8. The summed E-state index contributed by atoms with van der Waals surface area (Å²) in [6, 6.07) is 0.0673. The van der Waals surface area contributed by atoms with Crippen LogP contribution in [0.1, 0.15) is 5.69 Å². The van der Waals surface area contributed by atoms with E-state index in [2.05, 4.69) is 36.1 Å². The van der Waals surface area contributed by atoms with E-state index in [1.807, 2.05) is 0 Å². The third kappa shape index (κ3) is 4.90. The highest BCUT2D eigenvalue weighted by Gasteiger charge is 2.52. The highest BCUT2D eigenvalue weighted by atomic mass is 33.1. The number of fused-ring (bicyclic) bond motifs is 2. The summed E-state index contributed by atoms with van der Waals surface area (Å²) >= 11 is 2.10. The summed E-state index contributed by atoms with van der Waals surface area (Å²) in [5.74, 6) is -3.44. The summed E-state index contributed by atoms with van der Waals surface area (Å²) in [6.07, 6.45) is 0. The van der Waals surface area contributed by atoms with E-state index in [1.165, 1.54) is 18.6 Å². The van der Waals surface area contributed by atoms with E-state index < -0.39 is 49.2 Å². The van der Waals surface area contributed by atoms with Crippen molar-refractivity contribution < 1.29 is 33.1 Å². The number of amides is 2. The molecule has 5 heterocycles. The van der Waals surface area contributed by atoms with Crippen LogP contribution in [0.5, 0.6) is 0 Å². The Bertz CT molecular complexity index is 1700. The Labute approximate surface area is 235 Å². The lowest BCUT2D eigenvalue weighted by atomic mass is 10.0. The number of rotatable bonds is 9. The summed E-state index contributed by atoms with van der Waals surface area (Å²) in [4.78, 5) is 47.8. The topological polar surface area (TPSA) is 269 Å². The van der Waals surface area contributed by atoms with E-state index in [1.54, 1.807) is 0 Å². The van der Waals surface area contributed by atoms with E-state index in [9.17, 15) is 28.3 Å². The van der Waals surface area contributed by atoms with Gasteiger partial charge in [-0.1, -0.05) is 26.4 Å². The zero-order valence-electron chi connectivity index (χ0n) is 19.9. The number of carboxylic acid groups (broad SMARTS) is 1. The third-order valence-electron chi connectivity index (χ3n) is 5.41. The van der Waals surface area contributed by atoms with Gasteiger partial charge in [0.25, 0.3) is 11.8 Å². The summed E-state index contributed by atoms with van der Waals surface area (Å²) in [5.41, 5.74) is 11.5. The van der Waals surface area contributed by atoms with E-state index in [0.717, 1.165) is 32.6 Å². The van der Waals surface area contributed by atoms with E-state index in [-0.39, 0.29) is 49.9 Å². The molecule has 3 unspecified atom stereocenters. The molecule has 3 aromatic heterocycles. The molecule has 2 aliphatic heterocycles. The second kappa shape index (κ2) is 10.9. The van der Waals surface area contributed by atoms with Crippen LogP contribution in [0.2, 0.25) is 0 Å². The smallest absolute Gasteiger partial charge is 0.352 e. The maximum absolute atomic E-state index is 13.1. The molecule has 0 aliphatic carbocycles. The number of aromatic nitrogens is 6. The molecule has 2 amide bonds. The van der Waals surface area contributed by atoms with E-state index in [4.69, 9.17) is 16.3 Å². The Hall–Kier alpha value is -3.99. The Kier molecular flexibility index (Phi) is 7.50. The molecule has 5 rings (SSSR count). The minimum Gasteiger partial charge on any atom is -0.764 e. The lowest BCUT2D eigenvalue weighted by molar-refractivity contribution is -0.140. The zero-order valence-corrected chi connectivity index (χ0v) is 23.2. The SMILES string of the molecule is CON=C(C(=O)NC1C(=O)N2C(C(=O)O)=C(CSc3cc(N)c4nnnn4n3)CS(S(=O)[O-])=C12)c1csc(N)n1. The lowest BCUT2D eigenvalue weighted by Crippen LogP contribution is -2.69. The number of nitrogens with one attached hydrogen (secondary N) is 1. The predicted octanol–water partition coefficient (Wildman–Crippen LogP) is -1.84. The molecule has 2 aliphatic rings. The van der Waals surface area contributed by atoms with Crippen LogP contribution in [0.15, 0.2) is 32.9 Å². The highest BCUT2D eigenvalue weighted by Crippen LogP contribution is 2.41. The van der Waals surface area contributed by atoms with Gasteiger partial charge < -0.3 is 31.3 Å². The summed E-state index contributed by atoms with van der Waals surface area (Å²) in [6.45, 7) is 0. The number of nitrogen functional groups attached to an aromatic ring is 2. The van der Waals surface area contributed by atoms with Crippen LogP contribution < -0.4 is 16.8 Å². The number of carbonyl (C=O) groups excluding carboxylic acids is 2. The number of carboxylic acids is 1. The van der Waals surface area contributed by atoms with Gasteiger partial charge in [0.1, 0.15) is 23.5 Å². The first-order valence-corrected chi connectivity index (χ1v) is 15.5. The zero-order chi connectivity index (χ0) is 28.7. The van der Waals surface area contributed by atoms with Gasteiger partial charge >= 0.3 is 5.97 Å². The van der Waals surface area contributed by atoms with Gasteiger partial charge in [-0.2, -0.15) is 0 Å². The van der Waals surface area contributed by atoms with Gasteiger partial charge in [0.05, 0.1) is 10.7 Å². The molecule has 210 valence electrons. The first kappa shape index (κ1) is 27.6. The monoisotopic (exact) mass is 626 g/mol. The number of β-lactam (4-membered cyclic amide) rings is 1. The molecular formula is C18H16N11O7S4-. The van der Waals surface area contributed by atoms with Crippen LogP contribution >= 0.6 is 32.6 Å². The summed E-state index contributed by atoms with van der Waals surface area (Å²) < 4.78 is 25.6. The Morgan fingerprint density at radius 3 is 2.88 bits per heavy atom. The van der Waals surface area contributed by atoms with Crippen molar-refractivity contribution in [3.8, 4) is 0 Å². The largest absolute Gasteiger partial charge is 0.764 e. The van der Waals surface area contributed by atoms with Crippen LogP contribution in [0.25, 0.3) is 5.65 Å². The fourth-order valence-corrected chi connectivity index (χ4v) is 8.76. The highest BCUT2D eigenvalue weighted by molar-refractivity contribution is 8.75. The number of anilines is 2. The quantitative estimate of drug-likeness (QED) is 0.0386. The Morgan fingerprint density at radius 2 is 2.23 bits per heavy atom. The van der Waals surface area contributed by atoms with Crippen molar-refractivity contribution in [2.45, 2.75) is 11.1 Å². The summed E-state index contributed by atoms with van der Waals surface area (Å²) in [5, 5.41) is 33.0. The molecule has 6 N–H and O–H groups in total. The van der Waals surface area contributed by atoms with Crippen molar-refractivity contribution in [1.29, 1.82) is 0 Å². The normalized spacial score (nSPS) is 19.9. The predicted molar refractivity (Wildman–Crippen MR) is 144 cm³/mol. The molecule has 1 fully saturated rings. The fourth-order valence-electron chi connectivity index (χ4n) is 3.78. The number of oxime groups is 1. The van der Waals surface area contributed by atoms with Crippen LogP contribution in [-0.4, -0.2) is 102 Å². The van der Waals surface area contributed by atoms with Crippen molar-refractivity contribution in [2.75, 3.05) is 30.1 Å². The maximum Gasteiger partial charge on any atom is 0.352 e. The Balaban J connectivity index is 1.42. The van der Waals surface area contributed by atoms with Crippen molar-refractivity contribution in [3.05, 3.63) is 28.4 Å². The molecule has 0 spiro atoms. The number of thioether (sulfide) groups is 1. The first-order chi connectivity index (χ1) is 19.1. The molecule has 22 heteroatoms. The van der Waals surface area contributed by atoms with Crippen molar-refractivity contribution in [1.82, 2.24) is 40.5 Å². The van der Waals surface area contributed by atoms with Gasteiger partial charge in [-0.25, -0.2) is 9.78 Å². The maximum atomic E-state index is 13.1. The molecule has 3 aromatic rings. The number of aliphatic carboxylic acids is 1. The molecule has 0 radical (unpaired) electrons. The standard InChI is InChI=1S/C18H17N11O7S4/c1-36-25-10(8-4-38-18(20)21-8)14(30)22-11-15(31)28-12(17(32)33)6(5-39(16(11)28)40(34)35)3-37-9-2-7(19)13-23-26-27-29(13)24-9/h2,4,11H,3,5,19H2,1H3,(H2,20,21)(H,22,30)(H,32,33)(H,34,35)/p-1. The fraction of sp³-hybridized carbons (Fsp3) is 0.222. The van der Waals surface area contributed by atoms with Crippen LogP contribution in [0.4, 0.5) is 10.8 Å². The molecule has 0 aromatic carbocycles. The second-order valence-corrected chi connectivity index (χ2v) is 13.5. The average Bonchev–Trinajstić information content (AvgIpc) is 3.57. The van der Waals surface area contributed by atoms with Gasteiger partial charge in [0, 0.05) is 27.0 Å². The van der Waals surface area contributed by atoms with Crippen molar-refractivity contribution >= 4 is 87.7 Å². The van der Waals surface area contributed by atoms with Gasteiger partial charge in [-0.3, -0.25) is 18.7 Å². The number of carbonyl (C=O) groups is 3. The Morgan fingerprint density at radius 1 is 1.45 bits per heavy atom. The molecule has 1 saturated heterocycles.